The Morgan fingerprint density at radius 2 is 0.861 bits per heavy atom. The predicted molar refractivity (Wildman–Crippen MR) is 159 cm³/mol. The Labute approximate surface area is 231 Å². The zero-order valence-electron chi connectivity index (χ0n) is 23.0. The van der Waals surface area contributed by atoms with E-state index in [4.69, 9.17) is 10.2 Å². The molecule has 36 heavy (non-hydrogen) atoms. The first-order chi connectivity index (χ1) is 17.5. The molecule has 0 aliphatic heterocycles. The van der Waals surface area contributed by atoms with Crippen molar-refractivity contribution < 1.29 is 22.9 Å². The van der Waals surface area contributed by atoms with Crippen LogP contribution in [0.5, 0.6) is 0 Å². The average Bonchev–Trinajstić information content (AvgIpc) is 2.87. The second-order valence-electron chi connectivity index (χ2n) is 9.32. The van der Waals surface area contributed by atoms with Crippen LogP contribution in [0.15, 0.2) is 30.3 Å². The van der Waals surface area contributed by atoms with Crippen molar-refractivity contribution in [2.45, 2.75) is 142 Å². The summed E-state index contributed by atoms with van der Waals surface area (Å²) < 4.78 is 11.2. The van der Waals surface area contributed by atoms with Crippen molar-refractivity contribution in [3.8, 4) is 0 Å². The molecular formula is C30H53IO5. The molecule has 6 heteroatoms. The van der Waals surface area contributed by atoms with Crippen LogP contribution in [0.1, 0.15) is 142 Å². The highest BCUT2D eigenvalue weighted by molar-refractivity contribution is 14.1. The third kappa shape index (κ3) is 34.9. The molecule has 210 valence electrons. The van der Waals surface area contributed by atoms with Gasteiger partial charge in [-0.25, -0.2) is 0 Å². The highest BCUT2D eigenvalue weighted by atomic mass is 127. The number of unbranched alkanes of at least 4 members (excludes halogenated alkanes) is 16. The Kier molecular flexibility index (Phi) is 32.5. The summed E-state index contributed by atoms with van der Waals surface area (Å²) in [6.45, 7) is 4.46. The molecule has 0 bridgehead atoms. The van der Waals surface area contributed by atoms with Crippen LogP contribution in [-0.2, 0) is 12.7 Å². The molecule has 0 saturated carbocycles. The summed E-state index contributed by atoms with van der Waals surface area (Å²) in [4.78, 5) is 20.4. The van der Waals surface area contributed by atoms with E-state index in [2.05, 4.69) is 13.8 Å². The van der Waals surface area contributed by atoms with E-state index in [1.165, 1.54) is 89.9 Å². The van der Waals surface area contributed by atoms with Gasteiger partial charge >= 0.3 is 11.9 Å². The maximum atomic E-state index is 10.2. The topological polar surface area (TPSA) is 91.7 Å². The first kappa shape index (κ1) is 36.8. The highest BCUT2D eigenvalue weighted by Crippen LogP contribution is 2.11. The summed E-state index contributed by atoms with van der Waals surface area (Å²) >= 11 is -0.941. The summed E-state index contributed by atoms with van der Waals surface area (Å²) in [5.74, 6) is -1.32. The summed E-state index contributed by atoms with van der Waals surface area (Å²) in [5, 5.41) is 16.8. The van der Waals surface area contributed by atoms with E-state index in [1.54, 1.807) is 0 Å². The van der Waals surface area contributed by atoms with Gasteiger partial charge in [0.1, 0.15) is 0 Å². The molecule has 0 atom stereocenters. The third-order valence-corrected chi connectivity index (χ3v) is 7.04. The van der Waals surface area contributed by atoms with Gasteiger partial charge in [-0.2, -0.15) is 0 Å². The Morgan fingerprint density at radius 3 is 1.11 bits per heavy atom. The molecule has 0 amide bonds. The maximum absolute atomic E-state index is 10.2. The fourth-order valence-electron chi connectivity index (χ4n) is 3.64. The first-order valence-corrected chi connectivity index (χ1v) is 16.2. The predicted octanol–water partition coefficient (Wildman–Crippen LogP) is 10.2. The molecule has 0 aliphatic rings. The molecule has 0 saturated heterocycles. The van der Waals surface area contributed by atoms with Crippen molar-refractivity contribution in [2.24, 2.45) is 0 Å². The van der Waals surface area contributed by atoms with Gasteiger partial charge in [0.15, 0.2) is 21.2 Å². The molecule has 2 N–H and O–H groups in total. The molecule has 1 aromatic rings. The number of halogens is 1. The fourth-order valence-corrected chi connectivity index (χ4v) is 4.35. The highest BCUT2D eigenvalue weighted by Gasteiger charge is 1.97. The molecule has 5 nitrogen and oxygen atoms in total. The van der Waals surface area contributed by atoms with Gasteiger partial charge in [-0.1, -0.05) is 135 Å². The number of hydrogen-bond acceptors (Lipinski definition) is 3. The van der Waals surface area contributed by atoms with Gasteiger partial charge in [-0.15, -0.1) is 0 Å². The minimum atomic E-state index is -0.941. The smallest absolute Gasteiger partial charge is 0.303 e. The van der Waals surface area contributed by atoms with E-state index in [9.17, 15) is 12.7 Å². The molecule has 0 heterocycles. The zero-order chi connectivity index (χ0) is 27.1. The molecule has 0 aliphatic carbocycles. The van der Waals surface area contributed by atoms with E-state index in [0.717, 1.165) is 29.3 Å². The largest absolute Gasteiger partial charge is 0.481 e. The van der Waals surface area contributed by atoms with Crippen LogP contribution in [-0.4, -0.2) is 22.2 Å². The van der Waals surface area contributed by atoms with Crippen molar-refractivity contribution in [3.05, 3.63) is 33.9 Å². The van der Waals surface area contributed by atoms with Crippen LogP contribution in [0, 0.1) is 3.57 Å². The Morgan fingerprint density at radius 1 is 0.556 bits per heavy atom. The number of carboxylic acid groups (broad SMARTS) is 2. The molecular weight excluding hydrogens is 567 g/mol. The van der Waals surface area contributed by atoms with E-state index < -0.39 is 33.1 Å². The van der Waals surface area contributed by atoms with Crippen LogP contribution in [0.4, 0.5) is 0 Å². The van der Waals surface area contributed by atoms with Gasteiger partial charge < -0.3 is 10.2 Å². The summed E-state index contributed by atoms with van der Waals surface area (Å²) in [5.41, 5.74) is 0. The lowest BCUT2D eigenvalue weighted by atomic mass is 10.1. The van der Waals surface area contributed by atoms with E-state index in [1.807, 2.05) is 30.3 Å². The normalized spacial score (nSPS) is 10.1. The quantitative estimate of drug-likeness (QED) is 0.105. The lowest BCUT2D eigenvalue weighted by molar-refractivity contribution is -0.138. The molecule has 0 radical (unpaired) electrons. The van der Waals surface area contributed by atoms with Gasteiger partial charge in [0, 0.05) is 16.4 Å². The van der Waals surface area contributed by atoms with Crippen molar-refractivity contribution >= 4 is 33.1 Å². The number of benzene rings is 1. The lowest BCUT2D eigenvalue weighted by Gasteiger charge is -2.00. The SMILES string of the molecule is CCCCCCCCCCCC(=O)O.CCCCCCCCCCCC(=O)O.O=Ic1ccccc1. The zero-order valence-corrected chi connectivity index (χ0v) is 25.2. The summed E-state index contributed by atoms with van der Waals surface area (Å²) in [6.07, 6.45) is 23.0. The van der Waals surface area contributed by atoms with Crippen molar-refractivity contribution in [1.29, 1.82) is 0 Å². The van der Waals surface area contributed by atoms with Crippen LogP contribution >= 0.6 is 21.2 Å². The first-order valence-electron chi connectivity index (χ1n) is 14.2. The van der Waals surface area contributed by atoms with E-state index in [0.29, 0.717) is 12.8 Å². The van der Waals surface area contributed by atoms with Crippen molar-refractivity contribution in [3.63, 3.8) is 0 Å². The minimum Gasteiger partial charge on any atom is -0.481 e. The summed E-state index contributed by atoms with van der Waals surface area (Å²) in [6, 6.07) is 9.46. The maximum Gasteiger partial charge on any atom is 0.303 e. The second kappa shape index (κ2) is 31.7. The Balaban J connectivity index is 0. The fraction of sp³-hybridized carbons (Fsp3) is 0.733. The summed E-state index contributed by atoms with van der Waals surface area (Å²) in [7, 11) is 0. The second-order valence-corrected chi connectivity index (χ2v) is 11.0. The standard InChI is InChI=1S/2C12H24O2.C6H5IO/c2*1-2-3-4-5-6-7-8-9-10-11-12(13)14;8-7-6-4-2-1-3-5-6/h2*2-11H2,1H3,(H,13,14);1-5H. The molecule has 0 spiro atoms. The van der Waals surface area contributed by atoms with Crippen LogP contribution in [0.2, 0.25) is 0 Å². The monoisotopic (exact) mass is 620 g/mol. The number of aliphatic carboxylic acids is 2. The average molecular weight is 621 g/mol. The van der Waals surface area contributed by atoms with Gasteiger partial charge in [0.25, 0.3) is 0 Å². The molecule has 1 aromatic carbocycles. The molecule has 0 unspecified atom stereocenters. The number of hydrogen-bond donors (Lipinski definition) is 2. The molecule has 0 aromatic heterocycles. The Bertz CT molecular complexity index is 575. The van der Waals surface area contributed by atoms with Gasteiger partial charge in [-0.3, -0.25) is 12.7 Å². The number of carboxylic acids is 2. The minimum absolute atomic E-state index is 0.343. The van der Waals surface area contributed by atoms with Crippen molar-refractivity contribution in [2.75, 3.05) is 0 Å². The van der Waals surface area contributed by atoms with E-state index >= 15 is 0 Å². The van der Waals surface area contributed by atoms with Gasteiger partial charge in [0.2, 0.25) is 0 Å². The van der Waals surface area contributed by atoms with Gasteiger partial charge in [0.05, 0.1) is 0 Å². The van der Waals surface area contributed by atoms with Crippen LogP contribution in [0.3, 0.4) is 0 Å². The van der Waals surface area contributed by atoms with Crippen LogP contribution < -0.4 is 0 Å². The van der Waals surface area contributed by atoms with E-state index in [-0.39, 0.29) is 0 Å². The number of carbonyl (C=O) groups is 2. The molecule has 1 rings (SSSR count). The van der Waals surface area contributed by atoms with Crippen LogP contribution in [0.25, 0.3) is 0 Å². The third-order valence-electron chi connectivity index (χ3n) is 5.81. The Hall–Kier alpha value is -1.31. The number of rotatable bonds is 21. The van der Waals surface area contributed by atoms with Gasteiger partial charge in [-0.05, 0) is 25.0 Å². The van der Waals surface area contributed by atoms with Crippen molar-refractivity contribution in [1.82, 2.24) is 0 Å². The lowest BCUT2D eigenvalue weighted by Crippen LogP contribution is -1.93. The molecule has 0 fully saturated rings.